The smallest absolute Gasteiger partial charge is 0.126 e. The summed E-state index contributed by atoms with van der Waals surface area (Å²) in [5.74, 6) is 0.966. The highest BCUT2D eigenvalue weighted by atomic mass is 19.1. The molecule has 1 saturated carbocycles. The van der Waals surface area contributed by atoms with Crippen LogP contribution in [0.5, 0.6) is 0 Å². The van der Waals surface area contributed by atoms with Crippen molar-refractivity contribution in [2.75, 3.05) is 13.6 Å². The number of hydrogen-bond donors (Lipinski definition) is 1. The first-order chi connectivity index (χ1) is 7.83. The van der Waals surface area contributed by atoms with Crippen molar-refractivity contribution in [3.8, 4) is 0 Å². The molecule has 0 bridgehead atoms. The summed E-state index contributed by atoms with van der Waals surface area (Å²) in [5.41, 5.74) is 0.919. The van der Waals surface area contributed by atoms with Crippen molar-refractivity contribution in [3.63, 3.8) is 0 Å². The largest absolute Gasteiger partial charge is 0.319 e. The minimum absolute atomic E-state index is 0.0319. The molecule has 0 spiro atoms. The van der Waals surface area contributed by atoms with Crippen LogP contribution in [0.25, 0.3) is 0 Å². The normalized spacial score (nSPS) is 25.6. The summed E-state index contributed by atoms with van der Waals surface area (Å²) < 4.78 is 13.8. The van der Waals surface area contributed by atoms with Crippen LogP contribution in [0.15, 0.2) is 24.3 Å². The Morgan fingerprint density at radius 1 is 1.25 bits per heavy atom. The number of nitrogens with one attached hydrogen (secondary N) is 1. The molecule has 0 heterocycles. The van der Waals surface area contributed by atoms with Gasteiger partial charge in [-0.25, -0.2) is 4.39 Å². The summed E-state index contributed by atoms with van der Waals surface area (Å²) in [4.78, 5) is 0. The van der Waals surface area contributed by atoms with E-state index in [9.17, 15) is 4.39 Å². The molecule has 0 radical (unpaired) electrons. The van der Waals surface area contributed by atoms with Crippen molar-refractivity contribution in [3.05, 3.63) is 35.6 Å². The standard InChI is InChI=1S/C14H20FN/c1-16-10-11-6-2-3-7-12(11)13-8-4-5-9-14(13)15/h4-5,8-9,11-12,16H,2-3,6-7,10H2,1H3. The minimum Gasteiger partial charge on any atom is -0.319 e. The molecule has 1 aliphatic carbocycles. The first-order valence-corrected chi connectivity index (χ1v) is 6.22. The number of hydrogen-bond acceptors (Lipinski definition) is 1. The fraction of sp³-hybridized carbons (Fsp3) is 0.571. The van der Waals surface area contributed by atoms with Crippen LogP contribution < -0.4 is 5.32 Å². The van der Waals surface area contributed by atoms with Crippen molar-refractivity contribution < 1.29 is 4.39 Å². The van der Waals surface area contributed by atoms with Crippen LogP contribution >= 0.6 is 0 Å². The second kappa shape index (κ2) is 5.44. The average molecular weight is 221 g/mol. The predicted molar refractivity (Wildman–Crippen MR) is 65.0 cm³/mol. The maximum atomic E-state index is 13.8. The summed E-state index contributed by atoms with van der Waals surface area (Å²) in [6.07, 6.45) is 4.88. The average Bonchev–Trinajstić information content (AvgIpc) is 2.31. The lowest BCUT2D eigenvalue weighted by Gasteiger charge is -2.32. The highest BCUT2D eigenvalue weighted by molar-refractivity contribution is 5.23. The van der Waals surface area contributed by atoms with E-state index >= 15 is 0 Å². The first kappa shape index (κ1) is 11.6. The Bertz CT molecular complexity index is 335. The topological polar surface area (TPSA) is 12.0 Å². The van der Waals surface area contributed by atoms with Crippen LogP contribution in [0.4, 0.5) is 4.39 Å². The number of rotatable bonds is 3. The lowest BCUT2D eigenvalue weighted by Crippen LogP contribution is -2.27. The third-order valence-electron chi connectivity index (χ3n) is 3.68. The zero-order chi connectivity index (χ0) is 11.4. The zero-order valence-corrected chi connectivity index (χ0v) is 9.88. The van der Waals surface area contributed by atoms with E-state index in [1.54, 1.807) is 12.1 Å². The predicted octanol–water partition coefficient (Wildman–Crippen LogP) is 3.32. The molecule has 0 amide bonds. The van der Waals surface area contributed by atoms with E-state index in [1.807, 2.05) is 19.2 Å². The van der Waals surface area contributed by atoms with Gasteiger partial charge >= 0.3 is 0 Å². The van der Waals surface area contributed by atoms with Crippen molar-refractivity contribution in [1.29, 1.82) is 0 Å². The van der Waals surface area contributed by atoms with Crippen LogP contribution in [0.2, 0.25) is 0 Å². The third kappa shape index (κ3) is 2.43. The van der Waals surface area contributed by atoms with Gasteiger partial charge in [-0.3, -0.25) is 0 Å². The number of benzene rings is 1. The maximum absolute atomic E-state index is 13.8. The van der Waals surface area contributed by atoms with Gasteiger partial charge in [0.05, 0.1) is 0 Å². The zero-order valence-electron chi connectivity index (χ0n) is 9.88. The third-order valence-corrected chi connectivity index (χ3v) is 3.68. The van der Waals surface area contributed by atoms with Crippen molar-refractivity contribution in [1.82, 2.24) is 5.32 Å². The van der Waals surface area contributed by atoms with Crippen LogP contribution in [-0.2, 0) is 0 Å². The Kier molecular flexibility index (Phi) is 3.94. The molecule has 1 fully saturated rings. The highest BCUT2D eigenvalue weighted by Crippen LogP contribution is 2.38. The fourth-order valence-electron chi connectivity index (χ4n) is 2.90. The molecule has 2 unspecified atom stereocenters. The van der Waals surface area contributed by atoms with Gasteiger partial charge < -0.3 is 5.32 Å². The summed E-state index contributed by atoms with van der Waals surface area (Å²) in [6, 6.07) is 7.26. The molecule has 1 nitrogen and oxygen atoms in total. The van der Waals surface area contributed by atoms with Crippen molar-refractivity contribution in [2.24, 2.45) is 5.92 Å². The minimum atomic E-state index is -0.0319. The van der Waals surface area contributed by atoms with Gasteiger partial charge in [-0.2, -0.15) is 0 Å². The SMILES string of the molecule is CNCC1CCCCC1c1ccccc1F. The van der Waals surface area contributed by atoms with Gasteiger partial charge in [-0.1, -0.05) is 31.0 Å². The van der Waals surface area contributed by atoms with Crippen molar-refractivity contribution in [2.45, 2.75) is 31.6 Å². The molecule has 2 rings (SSSR count). The molecule has 16 heavy (non-hydrogen) atoms. The quantitative estimate of drug-likeness (QED) is 0.825. The Hall–Kier alpha value is -0.890. The van der Waals surface area contributed by atoms with Gasteiger partial charge in [0.2, 0.25) is 0 Å². The lowest BCUT2D eigenvalue weighted by molar-refractivity contribution is 0.295. The summed E-state index contributed by atoms with van der Waals surface area (Å²) in [5, 5.41) is 3.23. The first-order valence-electron chi connectivity index (χ1n) is 6.22. The molecule has 0 aliphatic heterocycles. The second-order valence-corrected chi connectivity index (χ2v) is 4.73. The van der Waals surface area contributed by atoms with E-state index in [4.69, 9.17) is 0 Å². The molecule has 1 aromatic carbocycles. The van der Waals surface area contributed by atoms with Gasteiger partial charge in [0.15, 0.2) is 0 Å². The van der Waals surface area contributed by atoms with Crippen molar-refractivity contribution >= 4 is 0 Å². The fourth-order valence-corrected chi connectivity index (χ4v) is 2.90. The molecular weight excluding hydrogens is 201 g/mol. The number of halogens is 1. The van der Waals surface area contributed by atoms with Gasteiger partial charge in [0, 0.05) is 0 Å². The van der Waals surface area contributed by atoms with E-state index in [1.165, 1.54) is 19.3 Å². The molecule has 0 aromatic heterocycles. The molecular formula is C14H20FN. The lowest BCUT2D eigenvalue weighted by atomic mass is 9.75. The van der Waals surface area contributed by atoms with Gasteiger partial charge in [-0.15, -0.1) is 0 Å². The Morgan fingerprint density at radius 2 is 2.00 bits per heavy atom. The molecule has 1 aromatic rings. The Morgan fingerprint density at radius 3 is 2.75 bits per heavy atom. The van der Waals surface area contributed by atoms with Gasteiger partial charge in [0.25, 0.3) is 0 Å². The maximum Gasteiger partial charge on any atom is 0.126 e. The van der Waals surface area contributed by atoms with Crippen LogP contribution in [0, 0.1) is 11.7 Å². The molecule has 2 heteroatoms. The van der Waals surface area contributed by atoms with Crippen LogP contribution in [0.3, 0.4) is 0 Å². The van der Waals surface area contributed by atoms with Gasteiger partial charge in [0.1, 0.15) is 5.82 Å². The summed E-state index contributed by atoms with van der Waals surface area (Å²) >= 11 is 0. The van der Waals surface area contributed by atoms with Crippen LogP contribution in [-0.4, -0.2) is 13.6 Å². The summed E-state index contributed by atoms with van der Waals surface area (Å²) in [6.45, 7) is 0.999. The molecule has 88 valence electrons. The van der Waals surface area contributed by atoms with E-state index in [2.05, 4.69) is 5.32 Å². The van der Waals surface area contributed by atoms with E-state index in [0.717, 1.165) is 18.5 Å². The monoisotopic (exact) mass is 221 g/mol. The second-order valence-electron chi connectivity index (χ2n) is 4.73. The summed E-state index contributed by atoms with van der Waals surface area (Å²) in [7, 11) is 1.98. The Labute approximate surface area is 97.1 Å². The molecule has 1 N–H and O–H groups in total. The van der Waals surface area contributed by atoms with Crippen LogP contribution in [0.1, 0.15) is 37.2 Å². The molecule has 0 saturated heterocycles. The van der Waals surface area contributed by atoms with E-state index in [0.29, 0.717) is 11.8 Å². The molecule has 1 aliphatic rings. The van der Waals surface area contributed by atoms with E-state index < -0.39 is 0 Å². The van der Waals surface area contributed by atoms with Gasteiger partial charge in [-0.05, 0) is 49.9 Å². The Balaban J connectivity index is 2.19. The highest BCUT2D eigenvalue weighted by Gasteiger charge is 2.27. The van der Waals surface area contributed by atoms with E-state index in [-0.39, 0.29) is 5.82 Å². The molecule has 2 atom stereocenters.